The zero-order valence-corrected chi connectivity index (χ0v) is 15.2. The molecule has 1 aromatic heterocycles. The highest BCUT2D eigenvalue weighted by molar-refractivity contribution is 5.68. The van der Waals surface area contributed by atoms with E-state index >= 15 is 0 Å². The third-order valence-corrected chi connectivity index (χ3v) is 4.65. The van der Waals surface area contributed by atoms with Crippen molar-refractivity contribution < 1.29 is 14.6 Å². The Morgan fingerprint density at radius 2 is 2.04 bits per heavy atom. The molecule has 0 radical (unpaired) electrons. The normalized spacial score (nSPS) is 17.2. The highest BCUT2D eigenvalue weighted by Crippen LogP contribution is 2.38. The average Bonchev–Trinajstić information content (AvgIpc) is 2.93. The smallest absolute Gasteiger partial charge is 0.303 e. The molecule has 2 aromatic rings. The van der Waals surface area contributed by atoms with E-state index < -0.39 is 5.97 Å². The van der Waals surface area contributed by atoms with Crippen molar-refractivity contribution in [3.8, 4) is 5.75 Å². The standard InChI is InChI=1S/C20H26N2O3/c1-20(2,3)22-17-11-7-8-14(12-18(23)24)19(17)16(21-22)13-25-15-9-5-4-6-10-15/h4-6,9-10,14H,7-8,11-13H2,1-3H3,(H,23,24). The van der Waals surface area contributed by atoms with Gasteiger partial charge in [0.15, 0.2) is 0 Å². The average molecular weight is 342 g/mol. The molecule has 5 heteroatoms. The number of aliphatic carboxylic acids is 1. The molecule has 1 heterocycles. The largest absolute Gasteiger partial charge is 0.487 e. The van der Waals surface area contributed by atoms with Crippen LogP contribution in [-0.4, -0.2) is 20.9 Å². The number of carboxylic acids is 1. The molecule has 0 spiro atoms. The van der Waals surface area contributed by atoms with Gasteiger partial charge in [-0.2, -0.15) is 5.10 Å². The van der Waals surface area contributed by atoms with E-state index in [1.54, 1.807) is 0 Å². The molecule has 25 heavy (non-hydrogen) atoms. The number of ether oxygens (including phenoxy) is 1. The van der Waals surface area contributed by atoms with E-state index in [4.69, 9.17) is 9.84 Å². The summed E-state index contributed by atoms with van der Waals surface area (Å²) in [7, 11) is 0. The van der Waals surface area contributed by atoms with Crippen LogP contribution < -0.4 is 4.74 Å². The molecule has 0 saturated heterocycles. The van der Waals surface area contributed by atoms with Gasteiger partial charge >= 0.3 is 5.97 Å². The summed E-state index contributed by atoms with van der Waals surface area (Å²) in [6.07, 6.45) is 3.00. The Balaban J connectivity index is 1.96. The summed E-state index contributed by atoms with van der Waals surface area (Å²) in [6.45, 7) is 6.75. The van der Waals surface area contributed by atoms with Gasteiger partial charge in [0.05, 0.1) is 12.0 Å². The molecule has 0 fully saturated rings. The third-order valence-electron chi connectivity index (χ3n) is 4.65. The van der Waals surface area contributed by atoms with Gasteiger partial charge in [-0.05, 0) is 58.1 Å². The van der Waals surface area contributed by atoms with Crippen molar-refractivity contribution in [1.82, 2.24) is 9.78 Å². The minimum absolute atomic E-state index is 0.0201. The van der Waals surface area contributed by atoms with Gasteiger partial charge < -0.3 is 9.84 Å². The van der Waals surface area contributed by atoms with Crippen LogP contribution in [0.15, 0.2) is 30.3 Å². The van der Waals surface area contributed by atoms with Gasteiger partial charge in [0, 0.05) is 11.3 Å². The van der Waals surface area contributed by atoms with Gasteiger partial charge in [0.1, 0.15) is 18.1 Å². The van der Waals surface area contributed by atoms with Crippen LogP contribution in [0.1, 0.15) is 62.9 Å². The fourth-order valence-electron chi connectivity index (χ4n) is 3.63. The minimum Gasteiger partial charge on any atom is -0.487 e. The summed E-state index contributed by atoms with van der Waals surface area (Å²) in [5.41, 5.74) is 3.01. The van der Waals surface area contributed by atoms with Crippen molar-refractivity contribution in [2.75, 3.05) is 0 Å². The maximum absolute atomic E-state index is 11.3. The monoisotopic (exact) mass is 342 g/mol. The maximum Gasteiger partial charge on any atom is 0.303 e. The van der Waals surface area contributed by atoms with Crippen molar-refractivity contribution in [2.24, 2.45) is 0 Å². The molecule has 1 N–H and O–H groups in total. The molecule has 134 valence electrons. The summed E-state index contributed by atoms with van der Waals surface area (Å²) in [5, 5.41) is 14.1. The van der Waals surface area contributed by atoms with E-state index in [9.17, 15) is 9.90 Å². The summed E-state index contributed by atoms with van der Waals surface area (Å²) >= 11 is 0. The highest BCUT2D eigenvalue weighted by atomic mass is 16.5. The second-order valence-corrected chi connectivity index (χ2v) is 7.68. The van der Waals surface area contributed by atoms with Gasteiger partial charge in [0.2, 0.25) is 0 Å². The van der Waals surface area contributed by atoms with Crippen LogP contribution in [0, 0.1) is 0 Å². The lowest BCUT2D eigenvalue weighted by Crippen LogP contribution is -2.27. The van der Waals surface area contributed by atoms with E-state index in [2.05, 4.69) is 25.5 Å². The first-order valence-electron chi connectivity index (χ1n) is 8.87. The Hall–Kier alpha value is -2.30. The molecule has 0 bridgehead atoms. The number of rotatable bonds is 5. The first-order chi connectivity index (χ1) is 11.9. The number of hydrogen-bond acceptors (Lipinski definition) is 3. The second kappa shape index (κ2) is 6.90. The predicted molar refractivity (Wildman–Crippen MR) is 95.9 cm³/mol. The van der Waals surface area contributed by atoms with Crippen LogP contribution in [0.5, 0.6) is 5.75 Å². The molecular formula is C20H26N2O3. The Morgan fingerprint density at radius 3 is 2.68 bits per heavy atom. The van der Waals surface area contributed by atoms with Gasteiger partial charge in [-0.15, -0.1) is 0 Å². The number of aromatic nitrogens is 2. The Labute approximate surface area is 148 Å². The SMILES string of the molecule is CC(C)(C)n1nc(COc2ccccc2)c2c1CCCC2CC(=O)O. The third kappa shape index (κ3) is 3.86. The fourth-order valence-corrected chi connectivity index (χ4v) is 3.63. The van der Waals surface area contributed by atoms with Crippen LogP contribution in [0.25, 0.3) is 0 Å². The number of para-hydroxylation sites is 1. The van der Waals surface area contributed by atoms with Gasteiger partial charge in [-0.1, -0.05) is 18.2 Å². The van der Waals surface area contributed by atoms with E-state index in [-0.39, 0.29) is 17.9 Å². The summed E-state index contributed by atoms with van der Waals surface area (Å²) in [6, 6.07) is 9.66. The lowest BCUT2D eigenvalue weighted by atomic mass is 9.83. The van der Waals surface area contributed by atoms with Crippen molar-refractivity contribution in [1.29, 1.82) is 0 Å². The number of fused-ring (bicyclic) bond motifs is 1. The molecule has 0 amide bonds. The minimum atomic E-state index is -0.753. The molecular weight excluding hydrogens is 316 g/mol. The number of hydrogen-bond donors (Lipinski definition) is 1. The molecule has 1 atom stereocenters. The lowest BCUT2D eigenvalue weighted by Gasteiger charge is -2.27. The van der Waals surface area contributed by atoms with E-state index in [0.717, 1.165) is 36.3 Å². The zero-order chi connectivity index (χ0) is 18.0. The Bertz CT molecular complexity index is 744. The topological polar surface area (TPSA) is 64.4 Å². The number of benzene rings is 1. The maximum atomic E-state index is 11.3. The number of nitrogens with zero attached hydrogens (tertiary/aromatic N) is 2. The first-order valence-corrected chi connectivity index (χ1v) is 8.87. The van der Waals surface area contributed by atoms with Crippen molar-refractivity contribution in [3.05, 3.63) is 47.3 Å². The van der Waals surface area contributed by atoms with Crippen LogP contribution >= 0.6 is 0 Å². The van der Waals surface area contributed by atoms with E-state index in [0.29, 0.717) is 6.61 Å². The quantitative estimate of drug-likeness (QED) is 0.888. The van der Waals surface area contributed by atoms with Crippen LogP contribution in [0.2, 0.25) is 0 Å². The van der Waals surface area contributed by atoms with Gasteiger partial charge in [-0.3, -0.25) is 9.48 Å². The van der Waals surface area contributed by atoms with Crippen LogP contribution in [0.3, 0.4) is 0 Å². The van der Waals surface area contributed by atoms with E-state index in [1.165, 1.54) is 5.69 Å². The molecule has 0 aliphatic heterocycles. The van der Waals surface area contributed by atoms with Gasteiger partial charge in [0.25, 0.3) is 0 Å². The second-order valence-electron chi connectivity index (χ2n) is 7.68. The van der Waals surface area contributed by atoms with Crippen molar-refractivity contribution >= 4 is 5.97 Å². The molecule has 1 aromatic carbocycles. The van der Waals surface area contributed by atoms with Crippen molar-refractivity contribution in [3.63, 3.8) is 0 Å². The fraction of sp³-hybridized carbons (Fsp3) is 0.500. The molecule has 1 aliphatic rings. The Kier molecular flexibility index (Phi) is 4.84. The lowest BCUT2D eigenvalue weighted by molar-refractivity contribution is -0.137. The van der Waals surface area contributed by atoms with E-state index in [1.807, 2.05) is 30.3 Å². The summed E-state index contributed by atoms with van der Waals surface area (Å²) in [5.74, 6) is 0.0650. The zero-order valence-electron chi connectivity index (χ0n) is 15.2. The first kappa shape index (κ1) is 17.5. The summed E-state index contributed by atoms with van der Waals surface area (Å²) in [4.78, 5) is 11.3. The predicted octanol–water partition coefficient (Wildman–Crippen LogP) is 4.11. The molecule has 1 unspecified atom stereocenters. The van der Waals surface area contributed by atoms with Crippen LogP contribution in [-0.2, 0) is 23.4 Å². The molecule has 5 nitrogen and oxygen atoms in total. The Morgan fingerprint density at radius 1 is 1.32 bits per heavy atom. The highest BCUT2D eigenvalue weighted by Gasteiger charge is 2.32. The van der Waals surface area contributed by atoms with Crippen molar-refractivity contribution in [2.45, 2.75) is 64.5 Å². The summed E-state index contributed by atoms with van der Waals surface area (Å²) < 4.78 is 7.98. The number of carbonyl (C=O) groups is 1. The number of carboxylic acid groups (broad SMARTS) is 1. The molecule has 3 rings (SSSR count). The molecule has 1 aliphatic carbocycles. The van der Waals surface area contributed by atoms with Crippen LogP contribution in [0.4, 0.5) is 0 Å². The molecule has 0 saturated carbocycles. The van der Waals surface area contributed by atoms with Gasteiger partial charge in [-0.25, -0.2) is 0 Å².